The van der Waals surface area contributed by atoms with Crippen LogP contribution in [0.25, 0.3) is 0 Å². The average molecular weight is 262 g/mol. The summed E-state index contributed by atoms with van der Waals surface area (Å²) in [5, 5.41) is 6.10. The van der Waals surface area contributed by atoms with Crippen molar-refractivity contribution in [1.82, 2.24) is 10.6 Å². The lowest BCUT2D eigenvalue weighted by atomic mass is 10.2. The number of amides is 1. The van der Waals surface area contributed by atoms with Gasteiger partial charge in [0.2, 0.25) is 0 Å². The zero-order valence-electron chi connectivity index (χ0n) is 11.4. The maximum Gasteiger partial charge on any atom is 0.258 e. The zero-order valence-corrected chi connectivity index (χ0v) is 11.4. The minimum absolute atomic E-state index is 0.0220. The normalized spacial score (nSPS) is 15.4. The Labute approximate surface area is 114 Å². The van der Waals surface area contributed by atoms with E-state index < -0.39 is 0 Å². The molecule has 1 aliphatic rings. The van der Waals surface area contributed by atoms with Crippen LogP contribution in [0.1, 0.15) is 31.2 Å². The summed E-state index contributed by atoms with van der Waals surface area (Å²) in [5.41, 5.74) is 1.20. The van der Waals surface area contributed by atoms with Gasteiger partial charge in [0.05, 0.1) is 0 Å². The van der Waals surface area contributed by atoms with Gasteiger partial charge in [-0.2, -0.15) is 0 Å². The smallest absolute Gasteiger partial charge is 0.258 e. The van der Waals surface area contributed by atoms with Crippen LogP contribution in [0.3, 0.4) is 0 Å². The van der Waals surface area contributed by atoms with Gasteiger partial charge in [0, 0.05) is 12.6 Å². The molecule has 1 saturated carbocycles. The predicted molar refractivity (Wildman–Crippen MR) is 75.1 cm³/mol. The summed E-state index contributed by atoms with van der Waals surface area (Å²) in [6, 6.07) is 8.15. The van der Waals surface area contributed by atoms with Crippen LogP contribution >= 0.6 is 0 Å². The lowest BCUT2D eigenvalue weighted by molar-refractivity contribution is -0.123. The first-order valence-corrected chi connectivity index (χ1v) is 6.93. The van der Waals surface area contributed by atoms with Gasteiger partial charge in [-0.3, -0.25) is 4.79 Å². The second-order valence-corrected chi connectivity index (χ2v) is 5.01. The maximum absolute atomic E-state index is 11.7. The molecule has 0 spiro atoms. The maximum atomic E-state index is 11.7. The zero-order chi connectivity index (χ0) is 13.5. The van der Waals surface area contributed by atoms with Crippen molar-refractivity contribution in [3.8, 4) is 5.75 Å². The van der Waals surface area contributed by atoms with Gasteiger partial charge in [-0.15, -0.1) is 0 Å². The third-order valence-corrected chi connectivity index (χ3v) is 3.39. The van der Waals surface area contributed by atoms with Crippen molar-refractivity contribution in [1.29, 1.82) is 0 Å². The van der Waals surface area contributed by atoms with Crippen LogP contribution in [-0.4, -0.2) is 25.6 Å². The molecule has 2 rings (SSSR count). The molecule has 1 amide bonds. The first-order chi connectivity index (χ1) is 9.28. The molecule has 1 aromatic carbocycles. The van der Waals surface area contributed by atoms with E-state index in [0.29, 0.717) is 6.04 Å². The minimum Gasteiger partial charge on any atom is -0.484 e. The van der Waals surface area contributed by atoms with E-state index in [2.05, 4.69) is 10.6 Å². The molecule has 2 N–H and O–H groups in total. The van der Waals surface area contributed by atoms with Crippen LogP contribution in [-0.2, 0) is 11.3 Å². The second kappa shape index (κ2) is 7.14. The summed E-state index contributed by atoms with van der Waals surface area (Å²) < 4.78 is 5.48. The van der Waals surface area contributed by atoms with Crippen molar-refractivity contribution in [3.05, 3.63) is 29.8 Å². The van der Waals surface area contributed by atoms with Crippen molar-refractivity contribution < 1.29 is 9.53 Å². The van der Waals surface area contributed by atoms with Gasteiger partial charge < -0.3 is 15.4 Å². The van der Waals surface area contributed by atoms with Crippen molar-refractivity contribution in [2.24, 2.45) is 0 Å². The van der Waals surface area contributed by atoms with E-state index in [1.54, 1.807) is 0 Å². The fourth-order valence-corrected chi connectivity index (χ4v) is 2.40. The summed E-state index contributed by atoms with van der Waals surface area (Å²) in [7, 11) is 1.91. The molecule has 0 aromatic heterocycles. The van der Waals surface area contributed by atoms with Gasteiger partial charge in [0.1, 0.15) is 5.75 Å². The van der Waals surface area contributed by atoms with Crippen LogP contribution < -0.4 is 15.4 Å². The molecule has 0 atom stereocenters. The highest BCUT2D eigenvalue weighted by Gasteiger charge is 2.17. The number of hydrogen-bond acceptors (Lipinski definition) is 3. The first kappa shape index (κ1) is 13.9. The number of carbonyl (C=O) groups excluding carboxylic acids is 1. The van der Waals surface area contributed by atoms with E-state index in [4.69, 9.17) is 4.74 Å². The Bertz CT molecular complexity index is 397. The monoisotopic (exact) mass is 262 g/mol. The second-order valence-electron chi connectivity index (χ2n) is 5.01. The van der Waals surface area contributed by atoms with E-state index >= 15 is 0 Å². The van der Waals surface area contributed by atoms with Crippen LogP contribution in [0.4, 0.5) is 0 Å². The summed E-state index contributed by atoms with van der Waals surface area (Å²) in [6.45, 7) is 0.935. The SMILES string of the molecule is CNCc1ccc(OCC(=O)NC2CCCC2)cc1. The van der Waals surface area contributed by atoms with Crippen molar-refractivity contribution in [3.63, 3.8) is 0 Å². The number of carbonyl (C=O) groups is 1. The van der Waals surface area contributed by atoms with E-state index in [-0.39, 0.29) is 12.5 Å². The Kier molecular flexibility index (Phi) is 5.21. The third kappa shape index (κ3) is 4.56. The molecule has 0 saturated heterocycles. The van der Waals surface area contributed by atoms with Gasteiger partial charge in [-0.05, 0) is 37.6 Å². The number of rotatable bonds is 6. The largest absolute Gasteiger partial charge is 0.484 e. The Balaban J connectivity index is 1.73. The Morgan fingerprint density at radius 3 is 2.58 bits per heavy atom. The van der Waals surface area contributed by atoms with Crippen molar-refractivity contribution >= 4 is 5.91 Å². The van der Waals surface area contributed by atoms with Gasteiger partial charge in [0.25, 0.3) is 5.91 Å². The molecule has 4 heteroatoms. The predicted octanol–water partition coefficient (Wildman–Crippen LogP) is 1.84. The number of ether oxygens (including phenoxy) is 1. The van der Waals surface area contributed by atoms with Crippen LogP contribution in [0.5, 0.6) is 5.75 Å². The highest BCUT2D eigenvalue weighted by molar-refractivity contribution is 5.77. The summed E-state index contributed by atoms with van der Waals surface area (Å²) in [4.78, 5) is 11.7. The van der Waals surface area contributed by atoms with Crippen LogP contribution in [0, 0.1) is 0 Å². The molecule has 1 aromatic rings. The fraction of sp³-hybridized carbons (Fsp3) is 0.533. The van der Waals surface area contributed by atoms with E-state index in [9.17, 15) is 4.79 Å². The van der Waals surface area contributed by atoms with Gasteiger partial charge in [-0.25, -0.2) is 0 Å². The van der Waals surface area contributed by atoms with Gasteiger partial charge in [-0.1, -0.05) is 25.0 Å². The summed E-state index contributed by atoms with van der Waals surface area (Å²) in [6.07, 6.45) is 4.65. The van der Waals surface area contributed by atoms with E-state index in [0.717, 1.165) is 25.1 Å². The lowest BCUT2D eigenvalue weighted by Gasteiger charge is -2.12. The molecule has 4 nitrogen and oxygen atoms in total. The molecular weight excluding hydrogens is 240 g/mol. The van der Waals surface area contributed by atoms with Crippen molar-refractivity contribution in [2.45, 2.75) is 38.3 Å². The molecule has 0 aliphatic heterocycles. The molecule has 0 radical (unpaired) electrons. The van der Waals surface area contributed by atoms with Crippen LogP contribution in [0.15, 0.2) is 24.3 Å². The highest BCUT2D eigenvalue weighted by Crippen LogP contribution is 2.17. The van der Waals surface area contributed by atoms with Gasteiger partial charge >= 0.3 is 0 Å². The average Bonchev–Trinajstić information content (AvgIpc) is 2.91. The third-order valence-electron chi connectivity index (χ3n) is 3.39. The number of benzene rings is 1. The van der Waals surface area contributed by atoms with E-state index in [1.807, 2.05) is 31.3 Å². The van der Waals surface area contributed by atoms with E-state index in [1.165, 1.54) is 18.4 Å². The van der Waals surface area contributed by atoms with Gasteiger partial charge in [0.15, 0.2) is 6.61 Å². The molecule has 19 heavy (non-hydrogen) atoms. The number of hydrogen-bond donors (Lipinski definition) is 2. The molecule has 1 aliphatic carbocycles. The Morgan fingerprint density at radius 2 is 1.95 bits per heavy atom. The minimum atomic E-state index is -0.0220. The topological polar surface area (TPSA) is 50.4 Å². The molecule has 1 fully saturated rings. The first-order valence-electron chi connectivity index (χ1n) is 6.93. The summed E-state index contributed by atoms with van der Waals surface area (Å²) >= 11 is 0. The quantitative estimate of drug-likeness (QED) is 0.822. The fourth-order valence-electron chi connectivity index (χ4n) is 2.40. The standard InChI is InChI=1S/C15H22N2O2/c1-16-10-12-6-8-14(9-7-12)19-11-15(18)17-13-4-2-3-5-13/h6-9,13,16H,2-5,10-11H2,1H3,(H,17,18). The molecule has 0 bridgehead atoms. The number of nitrogens with one attached hydrogen (secondary N) is 2. The Hall–Kier alpha value is -1.55. The Morgan fingerprint density at radius 1 is 1.26 bits per heavy atom. The lowest BCUT2D eigenvalue weighted by Crippen LogP contribution is -2.36. The van der Waals surface area contributed by atoms with Crippen molar-refractivity contribution in [2.75, 3.05) is 13.7 Å². The molecule has 0 heterocycles. The summed E-state index contributed by atoms with van der Waals surface area (Å²) in [5.74, 6) is 0.715. The molecular formula is C15H22N2O2. The molecule has 0 unspecified atom stereocenters. The highest BCUT2D eigenvalue weighted by atomic mass is 16.5. The van der Waals surface area contributed by atoms with Crippen LogP contribution in [0.2, 0.25) is 0 Å². The molecule has 104 valence electrons.